The van der Waals surface area contributed by atoms with Gasteiger partial charge in [0.25, 0.3) is 0 Å². The largest absolute Gasteiger partial charge is 0.416 e. The van der Waals surface area contributed by atoms with Gasteiger partial charge in [0.05, 0.1) is 23.0 Å². The van der Waals surface area contributed by atoms with E-state index < -0.39 is 11.7 Å². The van der Waals surface area contributed by atoms with Crippen LogP contribution in [0, 0.1) is 6.92 Å². The van der Waals surface area contributed by atoms with Crippen LogP contribution in [-0.2, 0) is 6.18 Å². The standard InChI is InChI=1S/C20H13F3N4O/c1-12-5-6-16(25-10-12)18(28)15-11-26-27-17(7-8-24-19(15)27)13-3-2-4-14(9-13)20(21,22)23/h2-11H,1H3. The molecular weight excluding hydrogens is 369 g/mol. The van der Waals surface area contributed by atoms with Gasteiger partial charge in [-0.25, -0.2) is 9.50 Å². The number of pyridine rings is 1. The van der Waals surface area contributed by atoms with Crippen LogP contribution < -0.4 is 0 Å². The maximum Gasteiger partial charge on any atom is 0.416 e. The summed E-state index contributed by atoms with van der Waals surface area (Å²) < 4.78 is 40.5. The molecule has 0 aliphatic heterocycles. The van der Waals surface area contributed by atoms with E-state index >= 15 is 0 Å². The Balaban J connectivity index is 1.82. The smallest absolute Gasteiger partial charge is 0.287 e. The molecule has 0 bridgehead atoms. The molecule has 140 valence electrons. The van der Waals surface area contributed by atoms with Crippen molar-refractivity contribution in [2.45, 2.75) is 13.1 Å². The highest BCUT2D eigenvalue weighted by molar-refractivity contribution is 6.11. The molecule has 8 heteroatoms. The predicted molar refractivity (Wildman–Crippen MR) is 95.8 cm³/mol. The molecule has 0 fully saturated rings. The second-order valence-electron chi connectivity index (χ2n) is 6.25. The molecule has 0 amide bonds. The Bertz CT molecular complexity index is 1180. The van der Waals surface area contributed by atoms with Crippen LogP contribution in [0.15, 0.2) is 61.1 Å². The lowest BCUT2D eigenvalue weighted by Gasteiger charge is -2.09. The highest BCUT2D eigenvalue weighted by Crippen LogP contribution is 2.32. The number of fused-ring (bicyclic) bond motifs is 1. The first kappa shape index (κ1) is 17.8. The number of aromatic nitrogens is 4. The normalized spacial score (nSPS) is 11.7. The van der Waals surface area contributed by atoms with Crippen molar-refractivity contribution in [2.24, 2.45) is 0 Å². The first-order chi connectivity index (χ1) is 13.3. The van der Waals surface area contributed by atoms with E-state index in [0.717, 1.165) is 17.7 Å². The Morgan fingerprint density at radius 1 is 1.04 bits per heavy atom. The number of aryl methyl sites for hydroxylation is 1. The Labute approximate surface area is 157 Å². The van der Waals surface area contributed by atoms with Crippen LogP contribution in [-0.4, -0.2) is 25.4 Å². The lowest BCUT2D eigenvalue weighted by atomic mass is 10.1. The first-order valence-electron chi connectivity index (χ1n) is 8.32. The van der Waals surface area contributed by atoms with Crippen molar-refractivity contribution < 1.29 is 18.0 Å². The zero-order chi connectivity index (χ0) is 19.9. The molecule has 4 rings (SSSR count). The lowest BCUT2D eigenvalue weighted by Crippen LogP contribution is -2.06. The van der Waals surface area contributed by atoms with E-state index in [4.69, 9.17) is 0 Å². The Hall–Kier alpha value is -3.55. The number of hydrogen-bond acceptors (Lipinski definition) is 4. The molecule has 0 atom stereocenters. The monoisotopic (exact) mass is 382 g/mol. The van der Waals surface area contributed by atoms with Gasteiger partial charge in [-0.2, -0.15) is 18.3 Å². The fourth-order valence-corrected chi connectivity index (χ4v) is 2.87. The Kier molecular flexibility index (Phi) is 4.18. The van der Waals surface area contributed by atoms with E-state index in [0.29, 0.717) is 11.3 Å². The van der Waals surface area contributed by atoms with Gasteiger partial charge in [0.15, 0.2) is 5.65 Å². The number of carbonyl (C=O) groups excluding carboxylic acids is 1. The van der Waals surface area contributed by atoms with Crippen LogP contribution in [0.25, 0.3) is 16.9 Å². The van der Waals surface area contributed by atoms with Crippen LogP contribution in [0.4, 0.5) is 13.2 Å². The average molecular weight is 382 g/mol. The fourth-order valence-electron chi connectivity index (χ4n) is 2.87. The Morgan fingerprint density at radius 3 is 2.57 bits per heavy atom. The number of carbonyl (C=O) groups is 1. The summed E-state index contributed by atoms with van der Waals surface area (Å²) in [5.74, 6) is -0.358. The molecule has 1 aromatic carbocycles. The summed E-state index contributed by atoms with van der Waals surface area (Å²) >= 11 is 0. The van der Waals surface area contributed by atoms with Gasteiger partial charge in [-0.1, -0.05) is 18.2 Å². The van der Waals surface area contributed by atoms with E-state index in [1.807, 2.05) is 6.92 Å². The molecule has 5 nitrogen and oxygen atoms in total. The fraction of sp³-hybridized carbons (Fsp3) is 0.100. The molecular formula is C20H13F3N4O. The number of halogens is 3. The maximum absolute atomic E-state index is 13.0. The van der Waals surface area contributed by atoms with Crippen molar-refractivity contribution in [3.05, 3.63) is 83.4 Å². The molecule has 3 aromatic heterocycles. The topological polar surface area (TPSA) is 60.2 Å². The average Bonchev–Trinajstić information content (AvgIpc) is 3.11. The second-order valence-corrected chi connectivity index (χ2v) is 6.25. The molecule has 3 heterocycles. The van der Waals surface area contributed by atoms with E-state index in [1.165, 1.54) is 23.0 Å². The van der Waals surface area contributed by atoms with Crippen LogP contribution in [0.1, 0.15) is 27.2 Å². The molecule has 0 spiro atoms. The number of alkyl halides is 3. The number of benzene rings is 1. The first-order valence-corrected chi connectivity index (χ1v) is 8.32. The van der Waals surface area contributed by atoms with Crippen LogP contribution in [0.3, 0.4) is 0 Å². The van der Waals surface area contributed by atoms with Crippen molar-refractivity contribution in [3.8, 4) is 11.3 Å². The second kappa shape index (κ2) is 6.56. The quantitative estimate of drug-likeness (QED) is 0.494. The van der Waals surface area contributed by atoms with Crippen molar-refractivity contribution >= 4 is 11.4 Å². The van der Waals surface area contributed by atoms with Crippen molar-refractivity contribution in [3.63, 3.8) is 0 Å². The molecule has 0 aliphatic rings. The van der Waals surface area contributed by atoms with Gasteiger partial charge in [0.1, 0.15) is 5.69 Å². The molecule has 0 N–H and O–H groups in total. The van der Waals surface area contributed by atoms with Gasteiger partial charge in [-0.15, -0.1) is 0 Å². The van der Waals surface area contributed by atoms with Gasteiger partial charge in [0.2, 0.25) is 5.78 Å². The minimum absolute atomic E-state index is 0.227. The van der Waals surface area contributed by atoms with Crippen molar-refractivity contribution in [2.75, 3.05) is 0 Å². The molecule has 0 radical (unpaired) electrons. The Morgan fingerprint density at radius 2 is 1.86 bits per heavy atom. The minimum Gasteiger partial charge on any atom is -0.287 e. The molecule has 0 unspecified atom stereocenters. The van der Waals surface area contributed by atoms with Gasteiger partial charge in [0, 0.05) is 18.0 Å². The summed E-state index contributed by atoms with van der Waals surface area (Å²) in [5.41, 5.74) is 1.59. The summed E-state index contributed by atoms with van der Waals surface area (Å²) in [7, 11) is 0. The molecule has 4 aromatic rings. The SMILES string of the molecule is Cc1ccc(C(=O)c2cnn3c(-c4cccc(C(F)(F)F)c4)ccnc23)nc1. The maximum atomic E-state index is 13.0. The van der Waals surface area contributed by atoms with Crippen LogP contribution in [0.2, 0.25) is 0 Å². The van der Waals surface area contributed by atoms with Crippen molar-refractivity contribution in [1.29, 1.82) is 0 Å². The van der Waals surface area contributed by atoms with Crippen molar-refractivity contribution in [1.82, 2.24) is 19.6 Å². The number of nitrogens with zero attached hydrogens (tertiary/aromatic N) is 4. The van der Waals surface area contributed by atoms with E-state index in [2.05, 4.69) is 15.1 Å². The number of ketones is 1. The zero-order valence-electron chi connectivity index (χ0n) is 14.6. The third-order valence-corrected chi connectivity index (χ3v) is 4.28. The third kappa shape index (κ3) is 3.13. The summed E-state index contributed by atoms with van der Waals surface area (Å²) in [6, 6.07) is 9.85. The van der Waals surface area contributed by atoms with Crippen LogP contribution in [0.5, 0.6) is 0 Å². The van der Waals surface area contributed by atoms with E-state index in [1.54, 1.807) is 30.5 Å². The highest BCUT2D eigenvalue weighted by atomic mass is 19.4. The molecule has 0 saturated carbocycles. The zero-order valence-corrected chi connectivity index (χ0v) is 14.6. The predicted octanol–water partition coefficient (Wildman–Crippen LogP) is 4.35. The number of hydrogen-bond donors (Lipinski definition) is 0. The summed E-state index contributed by atoms with van der Waals surface area (Å²) in [4.78, 5) is 21.1. The number of rotatable bonds is 3. The summed E-state index contributed by atoms with van der Waals surface area (Å²) in [6.45, 7) is 1.86. The third-order valence-electron chi connectivity index (χ3n) is 4.28. The van der Waals surface area contributed by atoms with E-state index in [9.17, 15) is 18.0 Å². The van der Waals surface area contributed by atoms with Gasteiger partial charge in [-0.3, -0.25) is 9.78 Å². The molecule has 28 heavy (non-hydrogen) atoms. The summed E-state index contributed by atoms with van der Waals surface area (Å²) in [5, 5.41) is 4.18. The molecule has 0 aliphatic carbocycles. The summed E-state index contributed by atoms with van der Waals surface area (Å²) in [6.07, 6.45) is -0.0831. The van der Waals surface area contributed by atoms with Gasteiger partial charge in [-0.05, 0) is 36.8 Å². The van der Waals surface area contributed by atoms with Crippen LogP contribution >= 0.6 is 0 Å². The van der Waals surface area contributed by atoms with Gasteiger partial charge >= 0.3 is 6.18 Å². The minimum atomic E-state index is -4.45. The lowest BCUT2D eigenvalue weighted by molar-refractivity contribution is -0.137. The van der Waals surface area contributed by atoms with Gasteiger partial charge < -0.3 is 0 Å². The van der Waals surface area contributed by atoms with E-state index in [-0.39, 0.29) is 22.7 Å². The highest BCUT2D eigenvalue weighted by Gasteiger charge is 2.30. The molecule has 0 saturated heterocycles.